The molecule has 0 amide bonds. The van der Waals surface area contributed by atoms with Gasteiger partial charge in [-0.2, -0.15) is 0 Å². The molecule has 112 valence electrons. The van der Waals surface area contributed by atoms with Crippen LogP contribution in [-0.2, 0) is 0 Å². The van der Waals surface area contributed by atoms with Gasteiger partial charge in [-0.15, -0.1) is 23.2 Å². The zero-order chi connectivity index (χ0) is 15.2. The van der Waals surface area contributed by atoms with Crippen molar-refractivity contribution in [2.75, 3.05) is 18.0 Å². The third kappa shape index (κ3) is 4.94. The largest absolute Gasteiger partial charge is 0.369 e. The van der Waals surface area contributed by atoms with Gasteiger partial charge < -0.3 is 4.90 Å². The van der Waals surface area contributed by atoms with Crippen molar-refractivity contribution < 1.29 is 0 Å². The number of rotatable bonds is 6. The molecular weight excluding hydrogens is 301 g/mol. The summed E-state index contributed by atoms with van der Waals surface area (Å²) in [5.41, 5.74) is 3.61. The van der Waals surface area contributed by atoms with Gasteiger partial charge in [-0.3, -0.25) is 0 Å². The third-order valence-corrected chi connectivity index (χ3v) is 3.56. The monoisotopic (exact) mass is 321 g/mol. The molecule has 0 aliphatic carbocycles. The van der Waals surface area contributed by atoms with Crippen LogP contribution < -0.4 is 4.90 Å². The molecule has 2 aromatic carbocycles. The second-order valence-electron chi connectivity index (χ2n) is 5.38. The summed E-state index contributed by atoms with van der Waals surface area (Å²) < 4.78 is 0. The van der Waals surface area contributed by atoms with Gasteiger partial charge in [0, 0.05) is 29.5 Å². The summed E-state index contributed by atoms with van der Waals surface area (Å²) in [6.07, 6.45) is 0. The van der Waals surface area contributed by atoms with Gasteiger partial charge in [0.15, 0.2) is 0 Å². The molecular formula is C18H21Cl2N. The summed E-state index contributed by atoms with van der Waals surface area (Å²) in [6.45, 7) is 5.60. The van der Waals surface area contributed by atoms with Crippen molar-refractivity contribution >= 4 is 28.9 Å². The van der Waals surface area contributed by atoms with Crippen LogP contribution in [-0.4, -0.2) is 23.8 Å². The summed E-state index contributed by atoms with van der Waals surface area (Å²) in [6, 6.07) is 19.0. The van der Waals surface area contributed by atoms with E-state index in [9.17, 15) is 0 Å². The highest BCUT2D eigenvalue weighted by atomic mass is 35.5. The molecule has 21 heavy (non-hydrogen) atoms. The topological polar surface area (TPSA) is 3.24 Å². The summed E-state index contributed by atoms with van der Waals surface area (Å²) in [5.74, 6) is 0. The van der Waals surface area contributed by atoms with E-state index in [1.165, 1.54) is 11.1 Å². The molecule has 0 N–H and O–H groups in total. The van der Waals surface area contributed by atoms with Crippen molar-refractivity contribution in [1.82, 2.24) is 0 Å². The molecule has 0 spiro atoms. The van der Waals surface area contributed by atoms with Crippen LogP contribution >= 0.6 is 23.2 Å². The number of hydrogen-bond acceptors (Lipinski definition) is 1. The Bertz CT molecular complexity index is 525. The van der Waals surface area contributed by atoms with Crippen LogP contribution in [0.3, 0.4) is 0 Å². The number of alkyl halides is 2. The fourth-order valence-corrected chi connectivity index (χ4v) is 2.72. The SMILES string of the molecule is C[C@H](Cl)CN(C[C@H](C)Cl)c1ccc(-c2ccccc2)cc1. The quantitative estimate of drug-likeness (QED) is 0.642. The van der Waals surface area contributed by atoms with E-state index in [-0.39, 0.29) is 10.8 Å². The molecule has 0 fully saturated rings. The number of nitrogens with zero attached hydrogens (tertiary/aromatic N) is 1. The lowest BCUT2D eigenvalue weighted by molar-refractivity contribution is 0.753. The predicted octanol–water partition coefficient (Wildman–Crippen LogP) is 5.41. The fourth-order valence-electron chi connectivity index (χ4n) is 2.39. The molecule has 0 bridgehead atoms. The van der Waals surface area contributed by atoms with Crippen molar-refractivity contribution in [2.45, 2.75) is 24.6 Å². The van der Waals surface area contributed by atoms with Crippen LogP contribution in [0.2, 0.25) is 0 Å². The van der Waals surface area contributed by atoms with Crippen LogP contribution in [0.1, 0.15) is 13.8 Å². The zero-order valence-corrected chi connectivity index (χ0v) is 14.0. The first-order valence-electron chi connectivity index (χ1n) is 7.25. The molecule has 0 aliphatic heterocycles. The highest BCUT2D eigenvalue weighted by molar-refractivity contribution is 6.21. The highest BCUT2D eigenvalue weighted by Crippen LogP contribution is 2.24. The lowest BCUT2D eigenvalue weighted by Crippen LogP contribution is -2.33. The third-order valence-electron chi connectivity index (χ3n) is 3.28. The Morgan fingerprint density at radius 1 is 0.762 bits per heavy atom. The molecule has 0 saturated carbocycles. The Hall–Kier alpha value is -1.18. The van der Waals surface area contributed by atoms with Crippen LogP contribution in [0.15, 0.2) is 54.6 Å². The number of hydrogen-bond donors (Lipinski definition) is 0. The molecule has 0 aliphatic rings. The normalized spacial score (nSPS) is 13.7. The average molecular weight is 322 g/mol. The first-order valence-corrected chi connectivity index (χ1v) is 8.12. The van der Waals surface area contributed by atoms with E-state index in [2.05, 4.69) is 53.4 Å². The van der Waals surface area contributed by atoms with Crippen LogP contribution in [0.4, 0.5) is 5.69 Å². The van der Waals surface area contributed by atoms with Crippen LogP contribution in [0.25, 0.3) is 11.1 Å². The Labute approximate surface area is 137 Å². The Balaban J connectivity index is 2.19. The summed E-state index contributed by atoms with van der Waals surface area (Å²) in [4.78, 5) is 2.24. The lowest BCUT2D eigenvalue weighted by atomic mass is 10.1. The van der Waals surface area contributed by atoms with Gasteiger partial charge in [0.2, 0.25) is 0 Å². The van der Waals surface area contributed by atoms with Crippen LogP contribution in [0, 0.1) is 0 Å². The highest BCUT2D eigenvalue weighted by Gasteiger charge is 2.12. The van der Waals surface area contributed by atoms with Crippen molar-refractivity contribution in [3.8, 4) is 11.1 Å². The number of anilines is 1. The summed E-state index contributed by atoms with van der Waals surface area (Å²) in [5, 5.41) is 0.184. The van der Waals surface area contributed by atoms with E-state index >= 15 is 0 Å². The molecule has 0 saturated heterocycles. The van der Waals surface area contributed by atoms with Crippen LogP contribution in [0.5, 0.6) is 0 Å². The fraction of sp³-hybridized carbons (Fsp3) is 0.333. The van der Waals surface area contributed by atoms with Gasteiger partial charge in [0.05, 0.1) is 0 Å². The second-order valence-corrected chi connectivity index (χ2v) is 6.87. The predicted molar refractivity (Wildman–Crippen MR) is 94.7 cm³/mol. The molecule has 2 rings (SSSR count). The number of halogens is 2. The summed E-state index contributed by atoms with van der Waals surface area (Å²) >= 11 is 12.3. The maximum Gasteiger partial charge on any atom is 0.0483 e. The van der Waals surface area contributed by atoms with Crippen molar-refractivity contribution in [3.63, 3.8) is 0 Å². The minimum absolute atomic E-state index is 0.0919. The molecule has 0 radical (unpaired) electrons. The first-order chi connectivity index (χ1) is 10.1. The average Bonchev–Trinajstić information content (AvgIpc) is 2.47. The van der Waals surface area contributed by atoms with Crippen molar-refractivity contribution in [1.29, 1.82) is 0 Å². The zero-order valence-electron chi connectivity index (χ0n) is 12.5. The van der Waals surface area contributed by atoms with Crippen molar-refractivity contribution in [2.24, 2.45) is 0 Å². The van der Waals surface area contributed by atoms with Gasteiger partial charge >= 0.3 is 0 Å². The van der Waals surface area contributed by atoms with Gasteiger partial charge in [0.1, 0.15) is 0 Å². The molecule has 0 heterocycles. The van der Waals surface area contributed by atoms with E-state index in [1.54, 1.807) is 0 Å². The molecule has 3 heteroatoms. The van der Waals surface area contributed by atoms with Gasteiger partial charge in [0.25, 0.3) is 0 Å². The van der Waals surface area contributed by atoms with E-state index in [4.69, 9.17) is 23.2 Å². The maximum atomic E-state index is 6.15. The van der Waals surface area contributed by atoms with E-state index in [0.717, 1.165) is 18.8 Å². The first kappa shape index (κ1) is 16.2. The minimum Gasteiger partial charge on any atom is -0.369 e. The standard InChI is InChI=1S/C18H21Cl2N/c1-14(19)12-21(13-15(2)20)18-10-8-17(9-11-18)16-6-4-3-5-7-16/h3-11,14-15H,12-13H2,1-2H3/t14-,15-/m0/s1. The van der Waals surface area contributed by atoms with Gasteiger partial charge in [-0.25, -0.2) is 0 Å². The molecule has 2 atom stereocenters. The Kier molecular flexibility index (Phi) is 5.96. The van der Waals surface area contributed by atoms with Gasteiger partial charge in [-0.1, -0.05) is 42.5 Å². The molecule has 0 aromatic heterocycles. The molecule has 1 nitrogen and oxygen atoms in total. The van der Waals surface area contributed by atoms with Gasteiger partial charge in [-0.05, 0) is 37.1 Å². The van der Waals surface area contributed by atoms with E-state index in [1.807, 2.05) is 19.9 Å². The Morgan fingerprint density at radius 3 is 1.71 bits per heavy atom. The molecule has 2 aromatic rings. The Morgan fingerprint density at radius 2 is 1.24 bits per heavy atom. The maximum absolute atomic E-state index is 6.15. The lowest BCUT2D eigenvalue weighted by Gasteiger charge is -2.27. The number of benzene rings is 2. The smallest absolute Gasteiger partial charge is 0.0483 e. The van der Waals surface area contributed by atoms with E-state index < -0.39 is 0 Å². The molecule has 0 unspecified atom stereocenters. The summed E-state index contributed by atoms with van der Waals surface area (Å²) in [7, 11) is 0. The van der Waals surface area contributed by atoms with Crippen molar-refractivity contribution in [3.05, 3.63) is 54.6 Å². The minimum atomic E-state index is 0.0919. The second kappa shape index (κ2) is 7.72. The van der Waals surface area contributed by atoms with E-state index in [0.29, 0.717) is 0 Å².